The highest BCUT2D eigenvalue weighted by Crippen LogP contribution is 2.34. The molecule has 1 aliphatic heterocycles. The molecule has 34 heavy (non-hydrogen) atoms. The van der Waals surface area contributed by atoms with Gasteiger partial charge in [-0.3, -0.25) is 9.59 Å². The quantitative estimate of drug-likeness (QED) is 0.538. The number of para-hydroxylation sites is 1. The van der Waals surface area contributed by atoms with Gasteiger partial charge in [-0.15, -0.1) is 0 Å². The summed E-state index contributed by atoms with van der Waals surface area (Å²) < 4.78 is 17.1. The van der Waals surface area contributed by atoms with Crippen molar-refractivity contribution in [3.63, 3.8) is 0 Å². The van der Waals surface area contributed by atoms with Gasteiger partial charge in [-0.05, 0) is 61.7 Å². The fourth-order valence-corrected chi connectivity index (χ4v) is 3.85. The average molecular weight is 461 g/mol. The van der Waals surface area contributed by atoms with Crippen molar-refractivity contribution in [3.8, 4) is 17.2 Å². The van der Waals surface area contributed by atoms with Gasteiger partial charge in [0.15, 0.2) is 13.2 Å². The molecule has 7 heteroatoms. The van der Waals surface area contributed by atoms with Crippen molar-refractivity contribution in [1.29, 1.82) is 0 Å². The molecule has 176 valence electrons. The number of nitrogens with zero attached hydrogens (tertiary/aromatic N) is 1. The number of carbonyl (C=O) groups excluding carboxylic acids is 2. The zero-order chi connectivity index (χ0) is 24.1. The Balaban J connectivity index is 1.37. The molecular weight excluding hydrogens is 432 g/mol. The monoisotopic (exact) mass is 460 g/mol. The second-order valence-corrected chi connectivity index (χ2v) is 8.24. The van der Waals surface area contributed by atoms with Gasteiger partial charge in [0, 0.05) is 11.8 Å². The Bertz CT molecular complexity index is 1190. The van der Waals surface area contributed by atoms with Crippen molar-refractivity contribution >= 4 is 23.2 Å². The lowest BCUT2D eigenvalue weighted by atomic mass is 10.1. The number of rotatable bonds is 8. The first-order chi connectivity index (χ1) is 16.4. The Morgan fingerprint density at radius 1 is 1.00 bits per heavy atom. The first-order valence-electron chi connectivity index (χ1n) is 11.2. The number of benzene rings is 3. The molecule has 3 aromatic carbocycles. The number of amides is 2. The maximum Gasteiger partial charge on any atom is 0.265 e. The van der Waals surface area contributed by atoms with Crippen LogP contribution in [0.15, 0.2) is 60.7 Å². The van der Waals surface area contributed by atoms with Crippen LogP contribution in [0.4, 0.5) is 11.4 Å². The fourth-order valence-electron chi connectivity index (χ4n) is 3.85. The van der Waals surface area contributed by atoms with E-state index in [2.05, 4.69) is 5.32 Å². The summed E-state index contributed by atoms with van der Waals surface area (Å²) >= 11 is 0. The molecule has 0 saturated carbocycles. The van der Waals surface area contributed by atoms with Crippen molar-refractivity contribution in [3.05, 3.63) is 77.4 Å². The molecule has 1 aliphatic rings. The van der Waals surface area contributed by atoms with Gasteiger partial charge in [-0.25, -0.2) is 0 Å². The van der Waals surface area contributed by atoms with Crippen LogP contribution in [-0.2, 0) is 9.59 Å². The van der Waals surface area contributed by atoms with Crippen molar-refractivity contribution < 1.29 is 23.8 Å². The van der Waals surface area contributed by atoms with Crippen LogP contribution >= 0.6 is 0 Å². The highest BCUT2D eigenvalue weighted by molar-refractivity contribution is 5.99. The number of carbonyl (C=O) groups is 2. The third-order valence-electron chi connectivity index (χ3n) is 5.52. The Kier molecular flexibility index (Phi) is 7.01. The number of hydrogen-bond acceptors (Lipinski definition) is 5. The van der Waals surface area contributed by atoms with Gasteiger partial charge >= 0.3 is 0 Å². The second-order valence-electron chi connectivity index (χ2n) is 8.24. The van der Waals surface area contributed by atoms with Crippen molar-refractivity contribution in [2.45, 2.75) is 20.8 Å². The smallest absolute Gasteiger partial charge is 0.265 e. The molecule has 0 aliphatic carbocycles. The predicted octanol–water partition coefficient (Wildman–Crippen LogP) is 4.43. The minimum absolute atomic E-state index is 0.0650. The van der Waals surface area contributed by atoms with Crippen LogP contribution in [0.25, 0.3) is 0 Å². The van der Waals surface area contributed by atoms with E-state index in [0.29, 0.717) is 36.0 Å². The minimum Gasteiger partial charge on any atom is -0.492 e. The molecule has 0 saturated heterocycles. The van der Waals surface area contributed by atoms with E-state index in [4.69, 9.17) is 14.2 Å². The summed E-state index contributed by atoms with van der Waals surface area (Å²) in [7, 11) is 0. The van der Waals surface area contributed by atoms with Crippen LogP contribution in [0.5, 0.6) is 17.2 Å². The van der Waals surface area contributed by atoms with Crippen LogP contribution in [0.2, 0.25) is 0 Å². The molecule has 0 fully saturated rings. The van der Waals surface area contributed by atoms with Gasteiger partial charge in [0.05, 0.1) is 12.2 Å². The van der Waals surface area contributed by atoms with Crippen molar-refractivity contribution in [2.75, 3.05) is 36.6 Å². The van der Waals surface area contributed by atoms with Crippen molar-refractivity contribution in [1.82, 2.24) is 0 Å². The summed E-state index contributed by atoms with van der Waals surface area (Å²) in [6.07, 6.45) is 0. The minimum atomic E-state index is -0.280. The van der Waals surface area contributed by atoms with Gasteiger partial charge in [0.2, 0.25) is 0 Å². The molecule has 0 atom stereocenters. The van der Waals surface area contributed by atoms with E-state index in [-0.39, 0.29) is 25.0 Å². The molecule has 1 heterocycles. The Labute approximate surface area is 199 Å². The van der Waals surface area contributed by atoms with Gasteiger partial charge in [-0.2, -0.15) is 0 Å². The molecule has 2 amide bonds. The van der Waals surface area contributed by atoms with E-state index in [0.717, 1.165) is 22.4 Å². The molecular formula is C27H28N2O5. The number of hydrogen-bond donors (Lipinski definition) is 1. The van der Waals surface area contributed by atoms with E-state index in [1.807, 2.05) is 63.2 Å². The molecule has 0 unspecified atom stereocenters. The highest BCUT2D eigenvalue weighted by Gasteiger charge is 2.26. The van der Waals surface area contributed by atoms with E-state index in [1.54, 1.807) is 23.1 Å². The Morgan fingerprint density at radius 3 is 2.53 bits per heavy atom. The zero-order valence-electron chi connectivity index (χ0n) is 19.6. The van der Waals surface area contributed by atoms with Crippen LogP contribution in [0, 0.1) is 20.8 Å². The van der Waals surface area contributed by atoms with E-state index >= 15 is 0 Å². The van der Waals surface area contributed by atoms with Crippen LogP contribution < -0.4 is 24.4 Å². The lowest BCUT2D eigenvalue weighted by Gasteiger charge is -2.29. The summed E-state index contributed by atoms with van der Waals surface area (Å²) in [5, 5.41) is 2.83. The number of ether oxygens (including phenoxy) is 3. The molecule has 4 rings (SSSR count). The van der Waals surface area contributed by atoms with Gasteiger partial charge in [-0.1, -0.05) is 30.3 Å². The molecule has 0 aromatic heterocycles. The van der Waals surface area contributed by atoms with Gasteiger partial charge in [0.1, 0.15) is 23.9 Å². The van der Waals surface area contributed by atoms with E-state index in [1.165, 1.54) is 0 Å². The summed E-state index contributed by atoms with van der Waals surface area (Å²) in [6, 6.07) is 18.8. The molecule has 0 radical (unpaired) electrons. The molecule has 0 bridgehead atoms. The standard InChI is InChI=1S/C27H28N2O5/c1-18-6-4-9-22(14-18)32-13-12-29-23-11-10-21(15-24(23)33-17-26(29)31)28-25(30)16-34-27-19(2)7-5-8-20(27)3/h4-11,14-15H,12-13,16-17H2,1-3H3,(H,28,30). The summed E-state index contributed by atoms with van der Waals surface area (Å²) in [6.45, 7) is 6.46. The lowest BCUT2D eigenvalue weighted by Crippen LogP contribution is -2.41. The van der Waals surface area contributed by atoms with Crippen LogP contribution in [0.3, 0.4) is 0 Å². The maximum absolute atomic E-state index is 12.5. The first kappa shape index (κ1) is 23.2. The summed E-state index contributed by atoms with van der Waals surface area (Å²) in [5.74, 6) is 1.59. The molecule has 3 aromatic rings. The van der Waals surface area contributed by atoms with Crippen molar-refractivity contribution in [2.24, 2.45) is 0 Å². The summed E-state index contributed by atoms with van der Waals surface area (Å²) in [5.41, 5.74) is 4.28. The third kappa shape index (κ3) is 5.49. The van der Waals surface area contributed by atoms with Gasteiger partial charge < -0.3 is 24.4 Å². The highest BCUT2D eigenvalue weighted by atomic mass is 16.5. The number of nitrogens with one attached hydrogen (secondary N) is 1. The number of anilines is 2. The predicted molar refractivity (Wildman–Crippen MR) is 131 cm³/mol. The van der Waals surface area contributed by atoms with Crippen LogP contribution in [0.1, 0.15) is 16.7 Å². The Hall–Kier alpha value is -4.00. The first-order valence-corrected chi connectivity index (χ1v) is 11.2. The Morgan fingerprint density at radius 2 is 1.76 bits per heavy atom. The maximum atomic E-state index is 12.5. The second kappa shape index (κ2) is 10.3. The zero-order valence-corrected chi connectivity index (χ0v) is 19.6. The molecule has 0 spiro atoms. The fraction of sp³-hybridized carbons (Fsp3) is 0.259. The molecule has 7 nitrogen and oxygen atoms in total. The number of aryl methyl sites for hydroxylation is 3. The number of fused-ring (bicyclic) bond motifs is 1. The van der Waals surface area contributed by atoms with Gasteiger partial charge in [0.25, 0.3) is 11.8 Å². The topological polar surface area (TPSA) is 77.1 Å². The van der Waals surface area contributed by atoms with Crippen LogP contribution in [-0.4, -0.2) is 38.2 Å². The SMILES string of the molecule is Cc1cccc(OCCN2C(=O)COc3cc(NC(=O)COc4c(C)cccc4C)ccc32)c1. The average Bonchev–Trinajstić information content (AvgIpc) is 2.80. The summed E-state index contributed by atoms with van der Waals surface area (Å²) in [4.78, 5) is 26.5. The normalized spacial score (nSPS) is 12.6. The van der Waals surface area contributed by atoms with E-state index < -0.39 is 0 Å². The lowest BCUT2D eigenvalue weighted by molar-refractivity contribution is -0.121. The van der Waals surface area contributed by atoms with E-state index in [9.17, 15) is 9.59 Å². The molecule has 1 N–H and O–H groups in total. The largest absolute Gasteiger partial charge is 0.492 e. The third-order valence-corrected chi connectivity index (χ3v) is 5.52.